The van der Waals surface area contributed by atoms with Gasteiger partial charge in [-0.3, -0.25) is 10.1 Å². The number of anilines is 1. The zero-order chi connectivity index (χ0) is 28.2. The number of methoxy groups -OCH3 is 2. The average Bonchev–Trinajstić information content (AvgIpc) is 3.67. The smallest absolute Gasteiger partial charge is 0.250 e. The maximum Gasteiger partial charge on any atom is 0.250 e. The molecule has 1 aliphatic rings. The Bertz CT molecular complexity index is 1730. The van der Waals surface area contributed by atoms with Crippen molar-refractivity contribution in [1.29, 1.82) is 0 Å². The van der Waals surface area contributed by atoms with Gasteiger partial charge in [0.05, 0.1) is 25.6 Å². The second-order valence-electron chi connectivity index (χ2n) is 9.00. The average molecular weight is 567 g/mol. The molecular formula is C31H26N4O5S. The van der Waals surface area contributed by atoms with Crippen molar-refractivity contribution >= 4 is 28.5 Å². The minimum absolute atomic E-state index is 0.312. The summed E-state index contributed by atoms with van der Waals surface area (Å²) in [5.74, 6) is 2.38. The minimum Gasteiger partial charge on any atom is -0.497 e. The van der Waals surface area contributed by atoms with Crippen molar-refractivity contribution in [3.63, 3.8) is 0 Å². The molecule has 0 spiro atoms. The molecule has 3 aromatic carbocycles. The molecule has 10 heteroatoms. The Morgan fingerprint density at radius 3 is 2.63 bits per heavy atom. The van der Waals surface area contributed by atoms with Gasteiger partial charge in [-0.15, -0.1) is 11.3 Å². The Morgan fingerprint density at radius 1 is 1.00 bits per heavy atom. The van der Waals surface area contributed by atoms with Crippen molar-refractivity contribution in [2.24, 2.45) is 0 Å². The molecule has 1 aliphatic heterocycles. The lowest BCUT2D eigenvalue weighted by Gasteiger charge is -2.18. The summed E-state index contributed by atoms with van der Waals surface area (Å²) < 4.78 is 24.0. The van der Waals surface area contributed by atoms with Crippen LogP contribution in [0.15, 0.2) is 84.4 Å². The molecule has 2 aromatic heterocycles. The molecule has 0 aliphatic carbocycles. The predicted molar refractivity (Wildman–Crippen MR) is 158 cm³/mol. The van der Waals surface area contributed by atoms with Crippen LogP contribution in [-0.2, 0) is 4.79 Å². The number of hydrogen-bond acceptors (Lipinski definition) is 8. The third-order valence-corrected chi connectivity index (χ3v) is 7.17. The number of nitrogens with zero attached hydrogens (tertiary/aromatic N) is 3. The maximum atomic E-state index is 12.9. The van der Waals surface area contributed by atoms with E-state index in [1.165, 1.54) is 17.4 Å². The molecule has 9 nitrogen and oxygen atoms in total. The molecule has 0 unspecified atom stereocenters. The highest BCUT2D eigenvalue weighted by Crippen LogP contribution is 2.36. The van der Waals surface area contributed by atoms with Crippen LogP contribution in [0.3, 0.4) is 0 Å². The van der Waals surface area contributed by atoms with Gasteiger partial charge < -0.3 is 18.9 Å². The SMILES string of the molecule is COc1ccc(-c2csc(NC(=O)/C=C/c3cn(-c4ccccc4)nc3-c3ccc4c(c3)OCCO4)n2)c(OC)c1. The summed E-state index contributed by atoms with van der Waals surface area (Å²) in [6.45, 7) is 1.01. The van der Waals surface area contributed by atoms with Crippen molar-refractivity contribution in [2.45, 2.75) is 0 Å². The number of carbonyl (C=O) groups excluding carboxylic acids is 1. The Hall–Kier alpha value is -5.09. The molecular weight excluding hydrogens is 540 g/mol. The van der Waals surface area contributed by atoms with Crippen molar-refractivity contribution in [2.75, 3.05) is 32.8 Å². The highest BCUT2D eigenvalue weighted by molar-refractivity contribution is 7.14. The molecule has 0 radical (unpaired) electrons. The van der Waals surface area contributed by atoms with Crippen LogP contribution in [-0.4, -0.2) is 48.1 Å². The number of carbonyl (C=O) groups is 1. The molecule has 3 heterocycles. The van der Waals surface area contributed by atoms with Gasteiger partial charge in [-0.1, -0.05) is 18.2 Å². The first-order valence-corrected chi connectivity index (χ1v) is 13.7. The van der Waals surface area contributed by atoms with E-state index in [0.29, 0.717) is 52.7 Å². The minimum atomic E-state index is -0.312. The van der Waals surface area contributed by atoms with Gasteiger partial charge in [0.15, 0.2) is 16.6 Å². The number of ether oxygens (including phenoxy) is 4. The third-order valence-electron chi connectivity index (χ3n) is 6.41. The second kappa shape index (κ2) is 11.6. The zero-order valence-electron chi connectivity index (χ0n) is 22.4. The first-order valence-electron chi connectivity index (χ1n) is 12.8. The summed E-state index contributed by atoms with van der Waals surface area (Å²) in [5.41, 5.74) is 4.72. The predicted octanol–water partition coefficient (Wildman–Crippen LogP) is 6.10. The van der Waals surface area contributed by atoms with Crippen LogP contribution in [0.25, 0.3) is 34.3 Å². The molecule has 206 valence electrons. The van der Waals surface area contributed by atoms with Crippen molar-refractivity contribution in [3.05, 3.63) is 89.9 Å². The molecule has 0 saturated carbocycles. The molecule has 0 saturated heterocycles. The normalized spacial score (nSPS) is 12.3. The summed E-state index contributed by atoms with van der Waals surface area (Å²) >= 11 is 1.33. The van der Waals surface area contributed by atoms with Gasteiger partial charge in [0, 0.05) is 40.4 Å². The van der Waals surface area contributed by atoms with Crippen molar-refractivity contribution in [3.8, 4) is 51.2 Å². The first-order chi connectivity index (χ1) is 20.1. The van der Waals surface area contributed by atoms with E-state index in [1.54, 1.807) is 31.0 Å². The third kappa shape index (κ3) is 5.64. The summed E-state index contributed by atoms with van der Waals surface area (Å²) in [4.78, 5) is 17.5. The molecule has 0 bridgehead atoms. The lowest BCUT2D eigenvalue weighted by molar-refractivity contribution is -0.111. The summed E-state index contributed by atoms with van der Waals surface area (Å²) in [5, 5.41) is 10.0. The lowest BCUT2D eigenvalue weighted by Crippen LogP contribution is -2.15. The van der Waals surface area contributed by atoms with Crippen LogP contribution in [0.1, 0.15) is 5.56 Å². The molecule has 0 fully saturated rings. The van der Waals surface area contributed by atoms with Crippen LogP contribution in [0.4, 0.5) is 5.13 Å². The van der Waals surface area contributed by atoms with Crippen LogP contribution >= 0.6 is 11.3 Å². The molecule has 1 N–H and O–H groups in total. The van der Waals surface area contributed by atoms with Crippen LogP contribution in [0, 0.1) is 0 Å². The fraction of sp³-hybridized carbons (Fsp3) is 0.129. The lowest BCUT2D eigenvalue weighted by atomic mass is 10.1. The van der Waals surface area contributed by atoms with E-state index in [2.05, 4.69) is 10.3 Å². The second-order valence-corrected chi connectivity index (χ2v) is 9.86. The van der Waals surface area contributed by atoms with Gasteiger partial charge in [-0.25, -0.2) is 9.67 Å². The summed E-state index contributed by atoms with van der Waals surface area (Å²) in [7, 11) is 3.20. The number of aromatic nitrogens is 3. The largest absolute Gasteiger partial charge is 0.497 e. The Kier molecular flexibility index (Phi) is 7.38. The highest BCUT2D eigenvalue weighted by Gasteiger charge is 2.17. The fourth-order valence-corrected chi connectivity index (χ4v) is 5.13. The van der Waals surface area contributed by atoms with Gasteiger partial charge >= 0.3 is 0 Å². The number of hydrogen-bond donors (Lipinski definition) is 1. The molecule has 6 rings (SSSR count). The fourth-order valence-electron chi connectivity index (χ4n) is 4.41. The van der Waals surface area contributed by atoms with Crippen molar-refractivity contribution < 1.29 is 23.7 Å². The topological polar surface area (TPSA) is 96.7 Å². The van der Waals surface area contributed by atoms with Crippen LogP contribution in [0.5, 0.6) is 23.0 Å². The first kappa shape index (κ1) is 26.1. The number of thiazole rings is 1. The van der Waals surface area contributed by atoms with Crippen LogP contribution in [0.2, 0.25) is 0 Å². The van der Waals surface area contributed by atoms with Gasteiger partial charge in [-0.2, -0.15) is 5.10 Å². The van der Waals surface area contributed by atoms with E-state index in [9.17, 15) is 4.79 Å². The Labute approximate surface area is 240 Å². The quantitative estimate of drug-likeness (QED) is 0.227. The van der Waals surface area contributed by atoms with E-state index in [-0.39, 0.29) is 5.91 Å². The van der Waals surface area contributed by atoms with E-state index >= 15 is 0 Å². The van der Waals surface area contributed by atoms with Crippen molar-refractivity contribution in [1.82, 2.24) is 14.8 Å². The van der Waals surface area contributed by atoms with E-state index in [0.717, 1.165) is 22.4 Å². The van der Waals surface area contributed by atoms with Gasteiger partial charge in [0.1, 0.15) is 30.4 Å². The molecule has 5 aromatic rings. The number of para-hydroxylation sites is 1. The number of amides is 1. The number of fused-ring (bicyclic) bond motifs is 1. The van der Waals surface area contributed by atoms with Gasteiger partial charge in [-0.05, 0) is 48.5 Å². The van der Waals surface area contributed by atoms with E-state index in [1.807, 2.05) is 72.2 Å². The monoisotopic (exact) mass is 566 g/mol. The summed E-state index contributed by atoms with van der Waals surface area (Å²) in [6, 6.07) is 21.0. The number of rotatable bonds is 8. The Balaban J connectivity index is 1.25. The van der Waals surface area contributed by atoms with Crippen LogP contribution < -0.4 is 24.3 Å². The van der Waals surface area contributed by atoms with Gasteiger partial charge in [0.2, 0.25) is 5.91 Å². The van der Waals surface area contributed by atoms with Gasteiger partial charge in [0.25, 0.3) is 0 Å². The van der Waals surface area contributed by atoms with E-state index < -0.39 is 0 Å². The molecule has 1 amide bonds. The van der Waals surface area contributed by atoms with E-state index in [4.69, 9.17) is 24.0 Å². The molecule has 0 atom stereocenters. The maximum absolute atomic E-state index is 12.9. The highest BCUT2D eigenvalue weighted by atomic mass is 32.1. The zero-order valence-corrected chi connectivity index (χ0v) is 23.2. The number of nitrogens with one attached hydrogen (secondary N) is 1. The summed E-state index contributed by atoms with van der Waals surface area (Å²) in [6.07, 6.45) is 5.11. The standard InChI is InChI=1S/C31H26N4O5S/c1-37-23-10-11-24(27(17-23)38-2)25-19-41-31(32-25)33-29(36)13-9-21-18-35(22-6-4-3-5-7-22)34-30(21)20-8-12-26-28(16-20)40-15-14-39-26/h3-13,16-19H,14-15H2,1-2H3,(H,32,33,36)/b13-9+. The molecule has 41 heavy (non-hydrogen) atoms. The Morgan fingerprint density at radius 2 is 1.83 bits per heavy atom. The number of benzene rings is 3.